The standard InChI is InChI=1S/C8H8ClNO3/c1-4(11)5-3-10-7(6(5)9)8(12)13-2/h3,10H,1-2H3. The van der Waals surface area contributed by atoms with Crippen LogP contribution in [0.25, 0.3) is 0 Å². The van der Waals surface area contributed by atoms with Gasteiger partial charge in [0.1, 0.15) is 5.69 Å². The Labute approximate surface area is 79.8 Å². The molecule has 0 amide bonds. The number of esters is 1. The van der Waals surface area contributed by atoms with E-state index < -0.39 is 5.97 Å². The zero-order valence-corrected chi connectivity index (χ0v) is 7.94. The van der Waals surface area contributed by atoms with Crippen LogP contribution in [-0.2, 0) is 4.74 Å². The Morgan fingerprint density at radius 2 is 2.15 bits per heavy atom. The molecule has 0 spiro atoms. The number of Topliss-reactive ketones (excluding diaryl/α,β-unsaturated/α-hetero) is 1. The first kappa shape index (κ1) is 9.80. The molecule has 5 heteroatoms. The van der Waals surface area contributed by atoms with Crippen LogP contribution in [0.1, 0.15) is 27.8 Å². The Morgan fingerprint density at radius 3 is 2.54 bits per heavy atom. The Kier molecular flexibility index (Phi) is 2.72. The van der Waals surface area contributed by atoms with Crippen LogP contribution >= 0.6 is 11.6 Å². The molecule has 0 aliphatic heterocycles. The fourth-order valence-electron chi connectivity index (χ4n) is 0.913. The molecule has 13 heavy (non-hydrogen) atoms. The summed E-state index contributed by atoms with van der Waals surface area (Å²) in [6, 6.07) is 0. The molecule has 1 aromatic heterocycles. The van der Waals surface area contributed by atoms with Crippen LogP contribution in [0.3, 0.4) is 0 Å². The Balaban J connectivity index is 3.13. The Hall–Kier alpha value is -1.29. The van der Waals surface area contributed by atoms with Crippen molar-refractivity contribution in [3.8, 4) is 0 Å². The van der Waals surface area contributed by atoms with Crippen molar-refractivity contribution >= 4 is 23.4 Å². The normalized spacial score (nSPS) is 9.77. The summed E-state index contributed by atoms with van der Waals surface area (Å²) in [6.07, 6.45) is 1.39. The molecule has 0 saturated heterocycles. The summed E-state index contributed by atoms with van der Waals surface area (Å²) < 4.78 is 4.44. The number of hydrogen-bond donors (Lipinski definition) is 1. The van der Waals surface area contributed by atoms with E-state index in [0.717, 1.165) is 0 Å². The van der Waals surface area contributed by atoms with Crippen molar-refractivity contribution in [2.75, 3.05) is 7.11 Å². The van der Waals surface area contributed by atoms with Crippen molar-refractivity contribution in [2.45, 2.75) is 6.92 Å². The lowest BCUT2D eigenvalue weighted by Crippen LogP contribution is -2.02. The quantitative estimate of drug-likeness (QED) is 0.585. The van der Waals surface area contributed by atoms with Crippen molar-refractivity contribution in [1.82, 2.24) is 4.98 Å². The highest BCUT2D eigenvalue weighted by Gasteiger charge is 2.18. The number of methoxy groups -OCH3 is 1. The SMILES string of the molecule is COC(=O)c1[nH]cc(C(C)=O)c1Cl. The van der Waals surface area contributed by atoms with Crippen molar-refractivity contribution in [2.24, 2.45) is 0 Å². The molecule has 0 saturated carbocycles. The topological polar surface area (TPSA) is 59.2 Å². The molecule has 1 N–H and O–H groups in total. The minimum atomic E-state index is -0.586. The maximum absolute atomic E-state index is 11.0. The zero-order valence-electron chi connectivity index (χ0n) is 7.18. The minimum absolute atomic E-state index is 0.106. The molecule has 0 aliphatic carbocycles. The largest absolute Gasteiger partial charge is 0.464 e. The summed E-state index contributed by atoms with van der Waals surface area (Å²) >= 11 is 5.74. The second-order valence-electron chi connectivity index (χ2n) is 2.44. The van der Waals surface area contributed by atoms with Gasteiger partial charge in [-0.3, -0.25) is 4.79 Å². The van der Waals surface area contributed by atoms with Crippen LogP contribution in [0.5, 0.6) is 0 Å². The highest BCUT2D eigenvalue weighted by atomic mass is 35.5. The molecule has 0 aromatic carbocycles. The number of ether oxygens (including phenoxy) is 1. The van der Waals surface area contributed by atoms with Gasteiger partial charge >= 0.3 is 5.97 Å². The lowest BCUT2D eigenvalue weighted by atomic mass is 10.2. The van der Waals surface area contributed by atoms with E-state index in [1.54, 1.807) is 0 Å². The number of aromatic nitrogens is 1. The molecule has 1 heterocycles. The van der Waals surface area contributed by atoms with Gasteiger partial charge in [0, 0.05) is 6.20 Å². The van der Waals surface area contributed by atoms with Gasteiger partial charge in [0.05, 0.1) is 17.7 Å². The number of hydrogen-bond acceptors (Lipinski definition) is 3. The van der Waals surface area contributed by atoms with Crippen LogP contribution in [0.15, 0.2) is 6.20 Å². The molecule has 0 aliphatic rings. The molecule has 4 nitrogen and oxygen atoms in total. The first-order valence-corrected chi connectivity index (χ1v) is 3.91. The fraction of sp³-hybridized carbons (Fsp3) is 0.250. The van der Waals surface area contributed by atoms with Gasteiger partial charge in [0.2, 0.25) is 0 Å². The van der Waals surface area contributed by atoms with Crippen molar-refractivity contribution in [3.63, 3.8) is 0 Å². The number of H-pyrrole nitrogens is 1. The predicted octanol–water partition coefficient (Wildman–Crippen LogP) is 1.66. The molecule has 70 valence electrons. The third-order valence-corrected chi connectivity index (χ3v) is 1.98. The summed E-state index contributed by atoms with van der Waals surface area (Å²) in [5.74, 6) is -0.783. The predicted molar refractivity (Wildman–Crippen MR) is 47.1 cm³/mol. The van der Waals surface area contributed by atoms with Gasteiger partial charge in [0.25, 0.3) is 0 Å². The monoisotopic (exact) mass is 201 g/mol. The highest BCUT2D eigenvalue weighted by Crippen LogP contribution is 2.21. The number of ketones is 1. The number of nitrogens with one attached hydrogen (secondary N) is 1. The van der Waals surface area contributed by atoms with Crippen LogP contribution in [0.4, 0.5) is 0 Å². The van der Waals surface area contributed by atoms with E-state index in [0.29, 0.717) is 5.56 Å². The Bertz CT molecular complexity index is 356. The van der Waals surface area contributed by atoms with Crippen molar-refractivity contribution < 1.29 is 14.3 Å². The number of carbonyl (C=O) groups excluding carboxylic acids is 2. The molecule has 1 aromatic rings. The summed E-state index contributed by atoms with van der Waals surface area (Å²) in [5, 5.41) is 0.111. The smallest absolute Gasteiger partial charge is 0.356 e. The third kappa shape index (κ3) is 1.72. The molecule has 0 fully saturated rings. The van der Waals surface area contributed by atoms with E-state index in [9.17, 15) is 9.59 Å². The molecule has 1 rings (SSSR count). The maximum atomic E-state index is 11.0. The molecule has 0 radical (unpaired) electrons. The lowest BCUT2D eigenvalue weighted by Gasteiger charge is -1.95. The highest BCUT2D eigenvalue weighted by molar-refractivity contribution is 6.36. The second-order valence-corrected chi connectivity index (χ2v) is 2.82. The number of aromatic amines is 1. The second kappa shape index (κ2) is 3.62. The van der Waals surface area contributed by atoms with E-state index in [2.05, 4.69) is 9.72 Å². The van der Waals surface area contributed by atoms with Crippen LogP contribution in [0.2, 0.25) is 5.02 Å². The summed E-state index contributed by atoms with van der Waals surface area (Å²) in [5.41, 5.74) is 0.399. The lowest BCUT2D eigenvalue weighted by molar-refractivity contribution is 0.0595. The number of halogens is 1. The molecular weight excluding hydrogens is 194 g/mol. The molecular formula is C8H8ClNO3. The molecule has 0 atom stereocenters. The van der Waals surface area contributed by atoms with Crippen LogP contribution in [-0.4, -0.2) is 23.8 Å². The van der Waals surface area contributed by atoms with E-state index in [1.165, 1.54) is 20.2 Å². The minimum Gasteiger partial charge on any atom is -0.464 e. The first-order valence-electron chi connectivity index (χ1n) is 3.54. The average Bonchev–Trinajstić information content (AvgIpc) is 2.46. The zero-order chi connectivity index (χ0) is 10.0. The van der Waals surface area contributed by atoms with Gasteiger partial charge < -0.3 is 9.72 Å². The number of carbonyl (C=O) groups is 2. The van der Waals surface area contributed by atoms with Gasteiger partial charge in [0.15, 0.2) is 5.78 Å². The summed E-state index contributed by atoms with van der Waals surface area (Å²) in [6.45, 7) is 1.37. The molecule has 0 bridgehead atoms. The molecule has 0 unspecified atom stereocenters. The van der Waals surface area contributed by atoms with E-state index in [-0.39, 0.29) is 16.5 Å². The van der Waals surface area contributed by atoms with Gasteiger partial charge in [-0.2, -0.15) is 0 Å². The van der Waals surface area contributed by atoms with E-state index in [4.69, 9.17) is 11.6 Å². The van der Waals surface area contributed by atoms with Crippen molar-refractivity contribution in [1.29, 1.82) is 0 Å². The average molecular weight is 202 g/mol. The first-order chi connectivity index (χ1) is 6.07. The summed E-state index contributed by atoms with van der Waals surface area (Å²) in [4.78, 5) is 24.5. The fourth-order valence-corrected chi connectivity index (χ4v) is 1.23. The summed E-state index contributed by atoms with van der Waals surface area (Å²) in [7, 11) is 1.24. The van der Waals surface area contributed by atoms with E-state index in [1.807, 2.05) is 0 Å². The van der Waals surface area contributed by atoms with Gasteiger partial charge in [-0.25, -0.2) is 4.79 Å². The third-order valence-electron chi connectivity index (χ3n) is 1.59. The maximum Gasteiger partial charge on any atom is 0.356 e. The van der Waals surface area contributed by atoms with Crippen LogP contribution in [0, 0.1) is 0 Å². The van der Waals surface area contributed by atoms with Gasteiger partial charge in [-0.05, 0) is 6.92 Å². The van der Waals surface area contributed by atoms with Gasteiger partial charge in [-0.1, -0.05) is 11.6 Å². The number of rotatable bonds is 2. The van der Waals surface area contributed by atoms with E-state index >= 15 is 0 Å². The van der Waals surface area contributed by atoms with Gasteiger partial charge in [-0.15, -0.1) is 0 Å². The van der Waals surface area contributed by atoms with Crippen molar-refractivity contribution in [3.05, 3.63) is 22.5 Å². The van der Waals surface area contributed by atoms with Crippen LogP contribution < -0.4 is 0 Å². The Morgan fingerprint density at radius 1 is 1.54 bits per heavy atom.